The van der Waals surface area contributed by atoms with Gasteiger partial charge in [-0.15, -0.1) is 13.2 Å². The van der Waals surface area contributed by atoms with Crippen molar-refractivity contribution in [3.05, 3.63) is 93.9 Å². The van der Waals surface area contributed by atoms with E-state index in [0.717, 1.165) is 23.3 Å². The number of amides is 2. The van der Waals surface area contributed by atoms with Crippen molar-refractivity contribution in [2.75, 3.05) is 0 Å². The maximum Gasteiger partial charge on any atom is 0.573 e. The fourth-order valence-electron chi connectivity index (χ4n) is 4.81. The third kappa shape index (κ3) is 5.44. The van der Waals surface area contributed by atoms with Crippen molar-refractivity contribution in [3.63, 3.8) is 0 Å². The minimum Gasteiger partial charge on any atom is -0.478 e. The van der Waals surface area contributed by atoms with Crippen LogP contribution in [0.2, 0.25) is 0 Å². The molecule has 5 rings (SSSR count). The Morgan fingerprint density at radius 2 is 1.93 bits per heavy atom. The highest BCUT2D eigenvalue weighted by Gasteiger charge is 2.31. The van der Waals surface area contributed by atoms with E-state index in [1.165, 1.54) is 41.0 Å². The zero-order valence-corrected chi connectivity index (χ0v) is 21.0. The molecule has 40 heavy (non-hydrogen) atoms. The lowest BCUT2D eigenvalue weighted by Gasteiger charge is -2.16. The van der Waals surface area contributed by atoms with Crippen LogP contribution in [0.5, 0.6) is 5.75 Å². The number of fused-ring (bicyclic) bond motifs is 2. The molecule has 13 heteroatoms. The van der Waals surface area contributed by atoms with Crippen LogP contribution in [0, 0.1) is 6.92 Å². The highest BCUT2D eigenvalue weighted by atomic mass is 19.4. The number of carbonyl (C=O) groups excluding carboxylic acids is 2. The molecule has 10 nitrogen and oxygen atoms in total. The van der Waals surface area contributed by atoms with Gasteiger partial charge in [0.1, 0.15) is 17.1 Å². The molecule has 0 bridgehead atoms. The molecule has 0 saturated heterocycles. The number of carboxylic acid groups (broad SMARTS) is 1. The summed E-state index contributed by atoms with van der Waals surface area (Å²) in [4.78, 5) is 42.0. The Labute approximate surface area is 224 Å². The number of nitrogens with one attached hydrogen (secondary N) is 2. The SMILES string of the molecule is Cc1c(C(=O)O)ccc2c1CC[C@@H]2NC(=O)c1cc(C(=O)NCc2cccc(OC(F)(F)F)c2)nc2ccnn12. The Hall–Kier alpha value is -4.94. The van der Waals surface area contributed by atoms with Crippen LogP contribution in [0.25, 0.3) is 5.65 Å². The molecule has 0 unspecified atom stereocenters. The first-order valence-electron chi connectivity index (χ1n) is 12.1. The number of aromatic nitrogens is 3. The summed E-state index contributed by atoms with van der Waals surface area (Å²) < 4.78 is 42.7. The molecular weight excluding hydrogens is 531 g/mol. The number of carbonyl (C=O) groups is 3. The van der Waals surface area contributed by atoms with Gasteiger partial charge in [0.2, 0.25) is 0 Å². The first-order valence-corrected chi connectivity index (χ1v) is 12.1. The number of nitrogens with zero attached hydrogens (tertiary/aromatic N) is 3. The maximum atomic E-state index is 13.4. The topological polar surface area (TPSA) is 135 Å². The van der Waals surface area contributed by atoms with Crippen molar-refractivity contribution in [3.8, 4) is 5.75 Å². The zero-order chi connectivity index (χ0) is 28.6. The molecule has 0 saturated carbocycles. The highest BCUT2D eigenvalue weighted by molar-refractivity contribution is 5.98. The van der Waals surface area contributed by atoms with Gasteiger partial charge in [0.25, 0.3) is 11.8 Å². The standard InChI is InChI=1S/C27H22F3N5O5/c1-14-17-7-8-20(19(17)6-5-18(14)26(38)39)34-25(37)22-12-21(33-23-9-10-32-35(22)23)24(36)31-13-15-3-2-4-16(11-15)40-27(28,29)30/h2-6,9-12,20H,7-8,13H2,1H3,(H,31,36)(H,34,37)(H,38,39)/t20-/m0/s1. The summed E-state index contributed by atoms with van der Waals surface area (Å²) in [5, 5.41) is 19.1. The van der Waals surface area contributed by atoms with Crippen molar-refractivity contribution < 1.29 is 37.4 Å². The summed E-state index contributed by atoms with van der Waals surface area (Å²) in [5.74, 6) is -2.60. The van der Waals surface area contributed by atoms with Gasteiger partial charge in [-0.05, 0) is 60.2 Å². The molecule has 2 aromatic carbocycles. The number of alkyl halides is 3. The van der Waals surface area contributed by atoms with E-state index in [1.807, 2.05) is 0 Å². The summed E-state index contributed by atoms with van der Waals surface area (Å²) in [6, 6.07) is 10.8. The van der Waals surface area contributed by atoms with Crippen LogP contribution in [0.15, 0.2) is 54.7 Å². The van der Waals surface area contributed by atoms with Crippen molar-refractivity contribution in [1.29, 1.82) is 0 Å². The van der Waals surface area contributed by atoms with Crippen molar-refractivity contribution in [1.82, 2.24) is 25.2 Å². The predicted molar refractivity (Wildman–Crippen MR) is 134 cm³/mol. The Kier molecular flexibility index (Phi) is 6.88. The van der Waals surface area contributed by atoms with E-state index in [1.54, 1.807) is 13.0 Å². The molecule has 2 aromatic heterocycles. The average molecular weight is 553 g/mol. The smallest absolute Gasteiger partial charge is 0.478 e. The fraction of sp³-hybridized carbons (Fsp3) is 0.222. The largest absolute Gasteiger partial charge is 0.573 e. The van der Waals surface area contributed by atoms with Crippen molar-refractivity contribution in [2.45, 2.75) is 38.7 Å². The Morgan fingerprint density at radius 3 is 2.67 bits per heavy atom. The Morgan fingerprint density at radius 1 is 1.12 bits per heavy atom. The highest BCUT2D eigenvalue weighted by Crippen LogP contribution is 2.35. The Balaban J connectivity index is 1.34. The minimum atomic E-state index is -4.84. The first kappa shape index (κ1) is 26.7. The van der Waals surface area contributed by atoms with E-state index >= 15 is 0 Å². The minimum absolute atomic E-state index is 0.0491. The molecule has 1 aliphatic rings. The fourth-order valence-corrected chi connectivity index (χ4v) is 4.81. The molecule has 0 spiro atoms. The van der Waals surface area contributed by atoms with Gasteiger partial charge >= 0.3 is 12.3 Å². The van der Waals surface area contributed by atoms with Gasteiger partial charge in [-0.1, -0.05) is 18.2 Å². The Bertz CT molecular complexity index is 1650. The predicted octanol–water partition coefficient (Wildman–Crippen LogP) is 3.98. The van der Waals surface area contributed by atoms with Crippen molar-refractivity contribution >= 4 is 23.4 Å². The second-order valence-corrected chi connectivity index (χ2v) is 9.18. The van der Waals surface area contributed by atoms with Crippen LogP contribution in [0.1, 0.15) is 66.1 Å². The van der Waals surface area contributed by atoms with Gasteiger partial charge in [-0.3, -0.25) is 9.59 Å². The third-order valence-corrected chi connectivity index (χ3v) is 6.64. The number of hydrogen-bond donors (Lipinski definition) is 3. The summed E-state index contributed by atoms with van der Waals surface area (Å²) in [7, 11) is 0. The van der Waals surface area contributed by atoms with Gasteiger partial charge in [0.05, 0.1) is 17.8 Å². The molecule has 0 fully saturated rings. The average Bonchev–Trinajstić information content (AvgIpc) is 3.53. The second kappa shape index (κ2) is 10.3. The molecular formula is C27H22F3N5O5. The van der Waals surface area contributed by atoms with Gasteiger partial charge < -0.3 is 20.5 Å². The molecule has 1 aliphatic carbocycles. The van der Waals surface area contributed by atoms with Crippen molar-refractivity contribution in [2.24, 2.45) is 0 Å². The van der Waals surface area contributed by atoms with Gasteiger partial charge in [-0.2, -0.15) is 5.10 Å². The number of halogens is 3. The van der Waals surface area contributed by atoms with E-state index in [4.69, 9.17) is 0 Å². The lowest BCUT2D eigenvalue weighted by Crippen LogP contribution is -2.30. The molecule has 206 valence electrons. The normalized spacial score (nSPS) is 14.6. The van der Waals surface area contributed by atoms with E-state index in [9.17, 15) is 32.7 Å². The lowest BCUT2D eigenvalue weighted by molar-refractivity contribution is -0.274. The van der Waals surface area contributed by atoms with Gasteiger partial charge in [0, 0.05) is 18.7 Å². The van der Waals surface area contributed by atoms with Crippen LogP contribution < -0.4 is 15.4 Å². The number of benzene rings is 2. The number of rotatable bonds is 7. The van der Waals surface area contributed by atoms with Crippen LogP contribution in [0.4, 0.5) is 13.2 Å². The number of aromatic carboxylic acids is 1. The molecule has 4 aromatic rings. The summed E-state index contributed by atoms with van der Waals surface area (Å²) in [6.07, 6.45) is -2.24. The van der Waals surface area contributed by atoms with Gasteiger partial charge in [0.15, 0.2) is 5.65 Å². The summed E-state index contributed by atoms with van der Waals surface area (Å²) in [5.41, 5.74) is 3.16. The number of ether oxygens (including phenoxy) is 1. The lowest BCUT2D eigenvalue weighted by atomic mass is 9.98. The molecule has 2 amide bonds. The molecule has 2 heterocycles. The van der Waals surface area contributed by atoms with E-state index in [2.05, 4.69) is 25.5 Å². The second-order valence-electron chi connectivity index (χ2n) is 9.18. The van der Waals surface area contributed by atoms with E-state index < -0.39 is 29.9 Å². The third-order valence-electron chi connectivity index (χ3n) is 6.64. The summed E-state index contributed by atoms with van der Waals surface area (Å²) in [6.45, 7) is 1.63. The number of carboxylic acids is 1. The number of hydrogen-bond acceptors (Lipinski definition) is 6. The quantitative estimate of drug-likeness (QED) is 0.315. The maximum absolute atomic E-state index is 13.4. The van der Waals surface area contributed by atoms with Crippen LogP contribution in [-0.4, -0.2) is 43.9 Å². The first-order chi connectivity index (χ1) is 19.0. The van der Waals surface area contributed by atoms with Crippen LogP contribution in [-0.2, 0) is 13.0 Å². The summed E-state index contributed by atoms with van der Waals surface area (Å²) >= 11 is 0. The molecule has 0 aliphatic heterocycles. The van der Waals surface area contributed by atoms with Crippen LogP contribution >= 0.6 is 0 Å². The van der Waals surface area contributed by atoms with Crippen LogP contribution in [0.3, 0.4) is 0 Å². The van der Waals surface area contributed by atoms with E-state index in [-0.39, 0.29) is 35.2 Å². The zero-order valence-electron chi connectivity index (χ0n) is 21.0. The molecule has 0 radical (unpaired) electrons. The van der Waals surface area contributed by atoms with E-state index in [0.29, 0.717) is 24.0 Å². The van der Waals surface area contributed by atoms with Gasteiger partial charge in [-0.25, -0.2) is 14.3 Å². The molecule has 3 N–H and O–H groups in total. The molecule has 1 atom stereocenters. The monoisotopic (exact) mass is 553 g/mol.